The highest BCUT2D eigenvalue weighted by Gasteiger charge is 2.25. The molecule has 3 rings (SSSR count). The number of nitrogens with zero attached hydrogens (tertiary/aromatic N) is 1. The first-order chi connectivity index (χ1) is 9.22. The molecule has 1 saturated carbocycles. The third kappa shape index (κ3) is 3.18. The smallest absolute Gasteiger partial charge is 0.107 e. The lowest BCUT2D eigenvalue weighted by atomic mass is 9.93. The minimum absolute atomic E-state index is 0.0853. The summed E-state index contributed by atoms with van der Waals surface area (Å²) in [7, 11) is 0. The first-order valence-electron chi connectivity index (χ1n) is 7.58. The van der Waals surface area contributed by atoms with Crippen molar-refractivity contribution in [3.05, 3.63) is 15.6 Å². The standard InChI is InChI=1S/C15H24N2OS/c1-10-5-6-12-14(7-10)19-15(17-12)9-16-8-11-3-2-4-13(11)18/h10-11,13,16,18H,2-9H2,1H3. The highest BCUT2D eigenvalue weighted by atomic mass is 32.1. The van der Waals surface area contributed by atoms with Crippen LogP contribution in [0.15, 0.2) is 0 Å². The minimum atomic E-state index is -0.0853. The Morgan fingerprint density at radius 2 is 2.26 bits per heavy atom. The zero-order valence-corrected chi connectivity index (χ0v) is 12.5. The van der Waals surface area contributed by atoms with Gasteiger partial charge in [-0.1, -0.05) is 13.3 Å². The SMILES string of the molecule is CC1CCc2nc(CNCC3CCCC3O)sc2C1. The molecular weight excluding hydrogens is 256 g/mol. The largest absolute Gasteiger partial charge is 0.393 e. The maximum atomic E-state index is 9.79. The predicted molar refractivity (Wildman–Crippen MR) is 78.4 cm³/mol. The second-order valence-electron chi connectivity index (χ2n) is 6.21. The van der Waals surface area contributed by atoms with Crippen LogP contribution < -0.4 is 5.32 Å². The molecule has 2 aliphatic carbocycles. The lowest BCUT2D eigenvalue weighted by Gasteiger charge is -2.15. The zero-order valence-electron chi connectivity index (χ0n) is 11.7. The Kier molecular flexibility index (Phi) is 4.20. The molecule has 19 heavy (non-hydrogen) atoms. The van der Waals surface area contributed by atoms with Gasteiger partial charge < -0.3 is 10.4 Å². The van der Waals surface area contributed by atoms with Crippen molar-refractivity contribution in [1.82, 2.24) is 10.3 Å². The maximum Gasteiger partial charge on any atom is 0.107 e. The first-order valence-corrected chi connectivity index (χ1v) is 8.40. The fraction of sp³-hybridized carbons (Fsp3) is 0.800. The van der Waals surface area contributed by atoms with Gasteiger partial charge in [0.2, 0.25) is 0 Å². The van der Waals surface area contributed by atoms with Crippen molar-refractivity contribution in [2.75, 3.05) is 6.54 Å². The van der Waals surface area contributed by atoms with Crippen molar-refractivity contribution >= 4 is 11.3 Å². The van der Waals surface area contributed by atoms with E-state index in [4.69, 9.17) is 4.98 Å². The molecule has 106 valence electrons. The van der Waals surface area contributed by atoms with Gasteiger partial charge in [-0.3, -0.25) is 0 Å². The average molecular weight is 280 g/mol. The number of aliphatic hydroxyl groups excluding tert-OH is 1. The topological polar surface area (TPSA) is 45.2 Å². The molecule has 0 radical (unpaired) electrons. The number of aromatic nitrogens is 1. The number of rotatable bonds is 4. The van der Waals surface area contributed by atoms with Crippen LogP contribution in [0.1, 0.15) is 48.2 Å². The highest BCUT2D eigenvalue weighted by molar-refractivity contribution is 7.11. The fourth-order valence-corrected chi connectivity index (χ4v) is 4.54. The molecule has 1 aromatic rings. The molecule has 0 spiro atoms. The van der Waals surface area contributed by atoms with E-state index < -0.39 is 0 Å². The van der Waals surface area contributed by atoms with E-state index in [0.717, 1.165) is 31.8 Å². The zero-order chi connectivity index (χ0) is 13.2. The predicted octanol–water partition coefficient (Wildman–Crippen LogP) is 2.52. The molecule has 1 heterocycles. The summed E-state index contributed by atoms with van der Waals surface area (Å²) in [4.78, 5) is 6.27. The van der Waals surface area contributed by atoms with Gasteiger partial charge in [-0.25, -0.2) is 4.98 Å². The molecule has 3 unspecified atom stereocenters. The number of thiazole rings is 1. The monoisotopic (exact) mass is 280 g/mol. The van der Waals surface area contributed by atoms with Gasteiger partial charge >= 0.3 is 0 Å². The summed E-state index contributed by atoms with van der Waals surface area (Å²) in [6.45, 7) is 4.14. The first kappa shape index (κ1) is 13.5. The van der Waals surface area contributed by atoms with Crippen molar-refractivity contribution in [3.8, 4) is 0 Å². The van der Waals surface area contributed by atoms with Crippen molar-refractivity contribution in [3.63, 3.8) is 0 Å². The van der Waals surface area contributed by atoms with Crippen LogP contribution in [0, 0.1) is 11.8 Å². The van der Waals surface area contributed by atoms with Crippen molar-refractivity contribution in [1.29, 1.82) is 0 Å². The third-order valence-electron chi connectivity index (χ3n) is 4.53. The Morgan fingerprint density at radius 3 is 3.05 bits per heavy atom. The lowest BCUT2D eigenvalue weighted by molar-refractivity contribution is 0.131. The normalized spacial score (nSPS) is 30.5. The Hall–Kier alpha value is -0.450. The van der Waals surface area contributed by atoms with Crippen LogP contribution in [-0.2, 0) is 19.4 Å². The van der Waals surface area contributed by atoms with Gasteiger partial charge in [0, 0.05) is 18.0 Å². The molecule has 3 nitrogen and oxygen atoms in total. The second kappa shape index (κ2) is 5.90. The Morgan fingerprint density at radius 1 is 1.37 bits per heavy atom. The van der Waals surface area contributed by atoms with E-state index in [1.54, 1.807) is 0 Å². The number of fused-ring (bicyclic) bond motifs is 1. The quantitative estimate of drug-likeness (QED) is 0.891. The summed E-state index contributed by atoms with van der Waals surface area (Å²) >= 11 is 1.89. The van der Waals surface area contributed by atoms with E-state index in [0.29, 0.717) is 5.92 Å². The van der Waals surface area contributed by atoms with Crippen LogP contribution in [0.25, 0.3) is 0 Å². The summed E-state index contributed by atoms with van der Waals surface area (Å²) in [6, 6.07) is 0. The summed E-state index contributed by atoms with van der Waals surface area (Å²) in [5.41, 5.74) is 1.35. The molecule has 1 aromatic heterocycles. The average Bonchev–Trinajstić information content (AvgIpc) is 2.95. The van der Waals surface area contributed by atoms with Gasteiger partial charge in [-0.2, -0.15) is 0 Å². The Balaban J connectivity index is 1.50. The number of aryl methyl sites for hydroxylation is 1. The van der Waals surface area contributed by atoms with E-state index in [1.165, 1.54) is 41.3 Å². The molecule has 1 fully saturated rings. The van der Waals surface area contributed by atoms with Crippen molar-refractivity contribution in [2.24, 2.45) is 11.8 Å². The minimum Gasteiger partial charge on any atom is -0.393 e. The molecule has 0 bridgehead atoms. The Bertz CT molecular complexity index is 432. The van der Waals surface area contributed by atoms with Crippen LogP contribution in [0.3, 0.4) is 0 Å². The highest BCUT2D eigenvalue weighted by Crippen LogP contribution is 2.30. The number of nitrogens with one attached hydrogen (secondary N) is 1. The summed E-state index contributed by atoms with van der Waals surface area (Å²) in [6.07, 6.45) is 6.91. The molecule has 2 N–H and O–H groups in total. The van der Waals surface area contributed by atoms with Crippen LogP contribution in [-0.4, -0.2) is 22.7 Å². The fourth-order valence-electron chi connectivity index (χ4n) is 3.29. The van der Waals surface area contributed by atoms with Crippen LogP contribution in [0.2, 0.25) is 0 Å². The number of hydrogen-bond donors (Lipinski definition) is 2. The molecule has 0 aliphatic heterocycles. The van der Waals surface area contributed by atoms with Gasteiger partial charge in [0.25, 0.3) is 0 Å². The molecule has 0 aromatic carbocycles. The lowest BCUT2D eigenvalue weighted by Crippen LogP contribution is -2.27. The summed E-state index contributed by atoms with van der Waals surface area (Å²) in [5, 5.41) is 14.5. The molecule has 0 amide bonds. The van der Waals surface area contributed by atoms with Gasteiger partial charge in [-0.15, -0.1) is 11.3 Å². The van der Waals surface area contributed by atoms with Gasteiger partial charge in [0.05, 0.1) is 11.8 Å². The number of aliphatic hydroxyl groups is 1. The van der Waals surface area contributed by atoms with Gasteiger partial charge in [0.15, 0.2) is 0 Å². The van der Waals surface area contributed by atoms with Crippen LogP contribution in [0.4, 0.5) is 0 Å². The third-order valence-corrected chi connectivity index (χ3v) is 5.65. The van der Waals surface area contributed by atoms with E-state index in [-0.39, 0.29) is 6.10 Å². The van der Waals surface area contributed by atoms with Crippen LogP contribution in [0.5, 0.6) is 0 Å². The van der Waals surface area contributed by atoms with Crippen molar-refractivity contribution in [2.45, 2.75) is 58.1 Å². The molecule has 0 saturated heterocycles. The van der Waals surface area contributed by atoms with Gasteiger partial charge in [-0.05, 0) is 43.9 Å². The van der Waals surface area contributed by atoms with E-state index in [9.17, 15) is 5.11 Å². The maximum absolute atomic E-state index is 9.79. The second-order valence-corrected chi connectivity index (χ2v) is 7.38. The van der Waals surface area contributed by atoms with E-state index >= 15 is 0 Å². The summed E-state index contributed by atoms with van der Waals surface area (Å²) in [5.74, 6) is 1.28. The van der Waals surface area contributed by atoms with Crippen molar-refractivity contribution < 1.29 is 5.11 Å². The van der Waals surface area contributed by atoms with E-state index in [2.05, 4.69) is 12.2 Å². The van der Waals surface area contributed by atoms with Crippen LogP contribution >= 0.6 is 11.3 Å². The summed E-state index contributed by atoms with van der Waals surface area (Å²) < 4.78 is 0. The number of hydrogen-bond acceptors (Lipinski definition) is 4. The Labute approximate surface area is 119 Å². The molecule has 3 atom stereocenters. The van der Waals surface area contributed by atoms with Gasteiger partial charge in [0.1, 0.15) is 5.01 Å². The molecular formula is C15H24N2OS. The van der Waals surface area contributed by atoms with E-state index in [1.807, 2.05) is 11.3 Å². The molecule has 4 heteroatoms. The molecule has 2 aliphatic rings.